The van der Waals surface area contributed by atoms with Gasteiger partial charge in [-0.05, 0) is 24.3 Å². The summed E-state index contributed by atoms with van der Waals surface area (Å²) in [4.78, 5) is 11.9. The maximum absolute atomic E-state index is 11.9. The minimum absolute atomic E-state index is 0.0524. The van der Waals surface area contributed by atoms with E-state index in [0.717, 1.165) is 11.3 Å². The fourth-order valence-corrected chi connectivity index (χ4v) is 1.77. The van der Waals surface area contributed by atoms with Crippen LogP contribution in [0.4, 0.5) is 5.69 Å². The number of aliphatic hydroxyl groups excluding tert-OH is 1. The lowest BCUT2D eigenvalue weighted by Gasteiger charge is -2.05. The van der Waals surface area contributed by atoms with E-state index in [1.54, 1.807) is 10.9 Å². The molecule has 0 spiro atoms. The highest BCUT2D eigenvalue weighted by Gasteiger charge is 2.03. The van der Waals surface area contributed by atoms with E-state index < -0.39 is 0 Å². The Morgan fingerprint density at radius 2 is 2.29 bits per heavy atom. The van der Waals surface area contributed by atoms with Gasteiger partial charge in [0.15, 0.2) is 0 Å². The first kappa shape index (κ1) is 14.8. The van der Waals surface area contributed by atoms with Crippen molar-refractivity contribution in [2.75, 3.05) is 11.9 Å². The lowest BCUT2D eigenvalue weighted by molar-refractivity contribution is -0.116. The molecule has 0 fully saturated rings. The number of aliphatic hydroxyl groups is 1. The fraction of sp³-hybridized carbons (Fsp3) is 0.250. The number of hydrogen-bond donors (Lipinski definition) is 2. The molecular weight excluding hydrogens is 266 g/mol. The second-order valence-electron chi connectivity index (χ2n) is 4.42. The van der Waals surface area contributed by atoms with Crippen molar-refractivity contribution in [3.63, 3.8) is 0 Å². The minimum Gasteiger partial charge on any atom is -0.395 e. The van der Waals surface area contributed by atoms with Gasteiger partial charge in [-0.2, -0.15) is 5.10 Å². The van der Waals surface area contributed by atoms with Crippen molar-refractivity contribution >= 4 is 11.6 Å². The van der Waals surface area contributed by atoms with Crippen molar-refractivity contribution in [1.82, 2.24) is 9.78 Å². The van der Waals surface area contributed by atoms with Gasteiger partial charge in [0.05, 0.1) is 6.61 Å². The molecule has 108 valence electrons. The highest BCUT2D eigenvalue weighted by Crippen LogP contribution is 2.10. The molecule has 0 aliphatic rings. The average molecular weight is 283 g/mol. The molecule has 5 heteroatoms. The number of aromatic nitrogens is 2. The van der Waals surface area contributed by atoms with Crippen LogP contribution in [0.1, 0.15) is 18.4 Å². The highest BCUT2D eigenvalue weighted by atomic mass is 16.2. The van der Waals surface area contributed by atoms with Gasteiger partial charge >= 0.3 is 0 Å². The van der Waals surface area contributed by atoms with E-state index in [0.29, 0.717) is 19.4 Å². The summed E-state index contributed by atoms with van der Waals surface area (Å²) in [5.41, 5.74) is 1.53. The summed E-state index contributed by atoms with van der Waals surface area (Å²) in [7, 11) is 0. The fourth-order valence-electron chi connectivity index (χ4n) is 1.77. The summed E-state index contributed by atoms with van der Waals surface area (Å²) in [5.74, 6) is 5.73. The maximum Gasteiger partial charge on any atom is 0.226 e. The summed E-state index contributed by atoms with van der Waals surface area (Å²) in [6, 6.07) is 9.17. The van der Waals surface area contributed by atoms with Crippen LogP contribution in [-0.4, -0.2) is 27.4 Å². The predicted octanol–water partition coefficient (Wildman–Crippen LogP) is 1.65. The maximum atomic E-state index is 11.9. The molecule has 0 aliphatic heterocycles. The van der Waals surface area contributed by atoms with Crippen LogP contribution < -0.4 is 5.32 Å². The summed E-state index contributed by atoms with van der Waals surface area (Å²) < 4.78 is 1.72. The molecule has 0 atom stereocenters. The number of benzene rings is 1. The van der Waals surface area contributed by atoms with Gasteiger partial charge in [0.2, 0.25) is 5.91 Å². The number of rotatable bonds is 5. The van der Waals surface area contributed by atoms with Gasteiger partial charge in [-0.1, -0.05) is 17.9 Å². The molecule has 5 nitrogen and oxygen atoms in total. The van der Waals surface area contributed by atoms with Crippen molar-refractivity contribution in [2.45, 2.75) is 19.4 Å². The Balaban J connectivity index is 1.88. The molecule has 1 aromatic carbocycles. The lowest BCUT2D eigenvalue weighted by Crippen LogP contribution is -2.14. The monoisotopic (exact) mass is 283 g/mol. The lowest BCUT2D eigenvalue weighted by atomic mass is 10.2. The number of carbonyl (C=O) groups is 1. The normalized spacial score (nSPS) is 9.76. The largest absolute Gasteiger partial charge is 0.395 e. The Bertz CT molecular complexity index is 639. The summed E-state index contributed by atoms with van der Waals surface area (Å²) in [6.07, 6.45) is 4.32. The van der Waals surface area contributed by atoms with E-state index in [1.165, 1.54) is 0 Å². The molecule has 2 rings (SSSR count). The van der Waals surface area contributed by atoms with E-state index >= 15 is 0 Å². The van der Waals surface area contributed by atoms with E-state index in [2.05, 4.69) is 22.3 Å². The van der Waals surface area contributed by atoms with Gasteiger partial charge in [0.25, 0.3) is 0 Å². The molecule has 0 aliphatic carbocycles. The molecule has 1 amide bonds. The molecule has 1 aromatic heterocycles. The number of amides is 1. The molecular formula is C16H17N3O2. The van der Waals surface area contributed by atoms with E-state index in [-0.39, 0.29) is 12.5 Å². The van der Waals surface area contributed by atoms with Crippen molar-refractivity contribution in [3.05, 3.63) is 48.3 Å². The standard InChI is InChI=1S/C16H17N3O2/c20-12-2-1-5-14-6-3-7-15(13-14)18-16(21)8-11-19-10-4-9-17-19/h3-4,6-7,9-10,13,20H,2,8,11-12H2,(H,18,21). The van der Waals surface area contributed by atoms with E-state index in [1.807, 2.05) is 36.5 Å². The molecule has 21 heavy (non-hydrogen) atoms. The molecule has 0 saturated carbocycles. The number of nitrogens with one attached hydrogen (secondary N) is 1. The average Bonchev–Trinajstić information content (AvgIpc) is 2.99. The zero-order valence-electron chi connectivity index (χ0n) is 11.6. The third-order valence-electron chi connectivity index (χ3n) is 2.74. The first-order chi connectivity index (χ1) is 10.3. The van der Waals surface area contributed by atoms with Crippen LogP contribution in [0.5, 0.6) is 0 Å². The van der Waals surface area contributed by atoms with Gasteiger partial charge in [0.1, 0.15) is 0 Å². The van der Waals surface area contributed by atoms with Gasteiger partial charge in [0, 0.05) is 43.0 Å². The number of anilines is 1. The molecule has 2 N–H and O–H groups in total. The quantitative estimate of drug-likeness (QED) is 0.820. The van der Waals surface area contributed by atoms with Crippen LogP contribution in [0.25, 0.3) is 0 Å². The van der Waals surface area contributed by atoms with E-state index in [9.17, 15) is 4.79 Å². The van der Waals surface area contributed by atoms with Crippen LogP contribution >= 0.6 is 0 Å². The molecule has 1 heterocycles. The molecule has 0 bridgehead atoms. The van der Waals surface area contributed by atoms with Crippen molar-refractivity contribution in [2.24, 2.45) is 0 Å². The molecule has 2 aromatic rings. The van der Waals surface area contributed by atoms with Gasteiger partial charge in [-0.3, -0.25) is 9.48 Å². The SMILES string of the molecule is O=C(CCn1cccn1)Nc1cccc(C#CCCO)c1. The zero-order chi connectivity index (χ0) is 14.9. The zero-order valence-corrected chi connectivity index (χ0v) is 11.6. The summed E-state index contributed by atoms with van der Waals surface area (Å²) in [5, 5.41) is 15.6. The van der Waals surface area contributed by atoms with Crippen LogP contribution in [0, 0.1) is 11.8 Å². The van der Waals surface area contributed by atoms with Crippen molar-refractivity contribution < 1.29 is 9.90 Å². The topological polar surface area (TPSA) is 67.2 Å². The number of nitrogens with zero attached hydrogens (tertiary/aromatic N) is 2. The third kappa shape index (κ3) is 5.13. The summed E-state index contributed by atoms with van der Waals surface area (Å²) in [6.45, 7) is 0.603. The third-order valence-corrected chi connectivity index (χ3v) is 2.74. The number of aryl methyl sites for hydroxylation is 1. The van der Waals surface area contributed by atoms with Crippen LogP contribution in [0.3, 0.4) is 0 Å². The minimum atomic E-state index is -0.0639. The first-order valence-corrected chi connectivity index (χ1v) is 6.75. The summed E-state index contributed by atoms with van der Waals surface area (Å²) >= 11 is 0. The Morgan fingerprint density at radius 3 is 3.05 bits per heavy atom. The van der Waals surface area contributed by atoms with Gasteiger partial charge in [-0.15, -0.1) is 0 Å². The smallest absolute Gasteiger partial charge is 0.226 e. The van der Waals surface area contributed by atoms with Crippen LogP contribution in [0.15, 0.2) is 42.7 Å². The van der Waals surface area contributed by atoms with Gasteiger partial charge < -0.3 is 10.4 Å². The number of hydrogen-bond acceptors (Lipinski definition) is 3. The number of carbonyl (C=O) groups excluding carboxylic acids is 1. The second-order valence-corrected chi connectivity index (χ2v) is 4.42. The Hall–Kier alpha value is -2.58. The first-order valence-electron chi connectivity index (χ1n) is 6.75. The molecule has 0 saturated heterocycles. The molecule has 0 radical (unpaired) electrons. The van der Waals surface area contributed by atoms with E-state index in [4.69, 9.17) is 5.11 Å². The van der Waals surface area contributed by atoms with Crippen LogP contribution in [0.2, 0.25) is 0 Å². The predicted molar refractivity (Wildman–Crippen MR) is 80.5 cm³/mol. The van der Waals surface area contributed by atoms with Crippen molar-refractivity contribution in [3.8, 4) is 11.8 Å². The Labute approximate surface area is 123 Å². The Morgan fingerprint density at radius 1 is 1.38 bits per heavy atom. The van der Waals surface area contributed by atoms with Gasteiger partial charge in [-0.25, -0.2) is 0 Å². The highest BCUT2D eigenvalue weighted by molar-refractivity contribution is 5.90. The van der Waals surface area contributed by atoms with Crippen LogP contribution in [-0.2, 0) is 11.3 Å². The van der Waals surface area contributed by atoms with Crippen molar-refractivity contribution in [1.29, 1.82) is 0 Å². The second kappa shape index (κ2) is 7.88. The Kier molecular flexibility index (Phi) is 5.56. The molecule has 0 unspecified atom stereocenters.